The number of hydrogen-bond donors (Lipinski definition) is 0. The molecular formula is C13H16N2S. The van der Waals surface area contributed by atoms with Crippen LogP contribution in [0, 0.1) is 0 Å². The molecule has 1 heterocycles. The number of thioether (sulfide) groups is 1. The molecule has 0 saturated carbocycles. The van der Waals surface area contributed by atoms with Crippen molar-refractivity contribution < 1.29 is 0 Å². The second-order valence-corrected chi connectivity index (χ2v) is 4.62. The number of aromatic nitrogens is 2. The van der Waals surface area contributed by atoms with E-state index in [4.69, 9.17) is 0 Å². The van der Waals surface area contributed by atoms with E-state index >= 15 is 0 Å². The fourth-order valence-corrected chi connectivity index (χ4v) is 2.51. The average molecular weight is 232 g/mol. The molecule has 3 heteroatoms. The summed E-state index contributed by atoms with van der Waals surface area (Å²) in [6, 6.07) is 8.31. The molecule has 2 nitrogen and oxygen atoms in total. The summed E-state index contributed by atoms with van der Waals surface area (Å²) in [5, 5.41) is 1.10. The van der Waals surface area contributed by atoms with Crippen LogP contribution in [0.3, 0.4) is 0 Å². The Bertz CT molecular complexity index is 488. The van der Waals surface area contributed by atoms with Crippen molar-refractivity contribution in [2.75, 3.05) is 5.75 Å². The molecule has 0 aliphatic rings. The van der Waals surface area contributed by atoms with Crippen molar-refractivity contribution in [2.24, 2.45) is 0 Å². The van der Waals surface area contributed by atoms with Gasteiger partial charge >= 0.3 is 0 Å². The Kier molecular flexibility index (Phi) is 3.67. The highest BCUT2D eigenvalue weighted by atomic mass is 32.2. The van der Waals surface area contributed by atoms with Crippen LogP contribution >= 0.6 is 11.8 Å². The quantitative estimate of drug-likeness (QED) is 0.577. The molecule has 1 aromatic heterocycles. The van der Waals surface area contributed by atoms with Gasteiger partial charge < -0.3 is 4.57 Å². The van der Waals surface area contributed by atoms with Crippen LogP contribution in [-0.4, -0.2) is 15.3 Å². The van der Waals surface area contributed by atoms with Gasteiger partial charge in [0.25, 0.3) is 0 Å². The van der Waals surface area contributed by atoms with Gasteiger partial charge in [-0.2, -0.15) is 0 Å². The average Bonchev–Trinajstić information content (AvgIpc) is 2.66. The number of imidazole rings is 1. The Labute approximate surface area is 100 Å². The summed E-state index contributed by atoms with van der Waals surface area (Å²) in [5.41, 5.74) is 2.32. The second kappa shape index (κ2) is 5.21. The molecule has 0 N–H and O–H groups in total. The predicted molar refractivity (Wildman–Crippen MR) is 70.9 cm³/mol. The van der Waals surface area contributed by atoms with E-state index in [1.54, 1.807) is 11.8 Å². The highest BCUT2D eigenvalue weighted by molar-refractivity contribution is 7.99. The van der Waals surface area contributed by atoms with E-state index in [1.807, 2.05) is 12.1 Å². The molecule has 0 amide bonds. The van der Waals surface area contributed by atoms with Gasteiger partial charge in [-0.05, 0) is 18.6 Å². The van der Waals surface area contributed by atoms with Crippen molar-refractivity contribution in [1.29, 1.82) is 0 Å². The zero-order valence-electron chi connectivity index (χ0n) is 9.52. The lowest BCUT2D eigenvalue weighted by Gasteiger charge is -2.05. The topological polar surface area (TPSA) is 17.8 Å². The molecule has 0 saturated heterocycles. The number of aryl methyl sites for hydroxylation is 1. The minimum Gasteiger partial charge on any atom is -0.319 e. The lowest BCUT2D eigenvalue weighted by atomic mass is 10.3. The van der Waals surface area contributed by atoms with E-state index in [0.29, 0.717) is 0 Å². The largest absolute Gasteiger partial charge is 0.319 e. The number of fused-ring (bicyclic) bond motifs is 1. The zero-order valence-corrected chi connectivity index (χ0v) is 10.3. The Balaban J connectivity index is 2.45. The van der Waals surface area contributed by atoms with Gasteiger partial charge in [0.2, 0.25) is 0 Å². The molecule has 0 atom stereocenters. The van der Waals surface area contributed by atoms with Crippen molar-refractivity contribution in [1.82, 2.24) is 9.55 Å². The van der Waals surface area contributed by atoms with Gasteiger partial charge in [0.15, 0.2) is 5.16 Å². The van der Waals surface area contributed by atoms with Crippen molar-refractivity contribution in [3.63, 3.8) is 0 Å². The Morgan fingerprint density at radius 3 is 3.00 bits per heavy atom. The van der Waals surface area contributed by atoms with Gasteiger partial charge in [0.1, 0.15) is 0 Å². The summed E-state index contributed by atoms with van der Waals surface area (Å²) >= 11 is 1.75. The SMILES string of the molecule is C=CCSc1nc2ccccc2n1CCC. The highest BCUT2D eigenvalue weighted by Crippen LogP contribution is 2.24. The first-order valence-corrected chi connectivity index (χ1v) is 6.54. The van der Waals surface area contributed by atoms with E-state index in [9.17, 15) is 0 Å². The van der Waals surface area contributed by atoms with Crippen molar-refractivity contribution >= 4 is 22.8 Å². The molecule has 84 valence electrons. The second-order valence-electron chi connectivity index (χ2n) is 3.63. The first-order valence-electron chi connectivity index (χ1n) is 5.55. The molecule has 0 aliphatic carbocycles. The van der Waals surface area contributed by atoms with Crippen LogP contribution in [0.1, 0.15) is 13.3 Å². The van der Waals surface area contributed by atoms with Gasteiger partial charge in [-0.15, -0.1) is 6.58 Å². The van der Waals surface area contributed by atoms with E-state index in [1.165, 1.54) is 5.52 Å². The van der Waals surface area contributed by atoms with E-state index in [-0.39, 0.29) is 0 Å². The first-order chi connectivity index (χ1) is 7.86. The molecule has 0 bridgehead atoms. The molecule has 0 unspecified atom stereocenters. The lowest BCUT2D eigenvalue weighted by molar-refractivity contribution is 0.639. The maximum absolute atomic E-state index is 4.65. The standard InChI is InChI=1S/C13H16N2S/c1-3-9-15-12-8-6-5-7-11(12)14-13(15)16-10-4-2/h4-8H,2-3,9-10H2,1H3. The molecule has 0 aliphatic heterocycles. The molecule has 1 aromatic carbocycles. The first kappa shape index (κ1) is 11.3. The van der Waals surface area contributed by atoms with Crippen LogP contribution in [0.25, 0.3) is 11.0 Å². The fourth-order valence-electron chi connectivity index (χ4n) is 1.74. The third-order valence-corrected chi connectivity index (χ3v) is 3.37. The fraction of sp³-hybridized carbons (Fsp3) is 0.308. The van der Waals surface area contributed by atoms with E-state index in [0.717, 1.165) is 29.4 Å². The number of para-hydroxylation sites is 2. The monoisotopic (exact) mass is 232 g/mol. The normalized spacial score (nSPS) is 10.8. The Morgan fingerprint density at radius 1 is 1.44 bits per heavy atom. The van der Waals surface area contributed by atoms with Gasteiger partial charge in [0, 0.05) is 12.3 Å². The Hall–Kier alpha value is -1.22. The van der Waals surface area contributed by atoms with Crippen LogP contribution < -0.4 is 0 Å². The smallest absolute Gasteiger partial charge is 0.169 e. The number of hydrogen-bond acceptors (Lipinski definition) is 2. The number of nitrogens with zero attached hydrogens (tertiary/aromatic N) is 2. The summed E-state index contributed by atoms with van der Waals surface area (Å²) in [7, 11) is 0. The van der Waals surface area contributed by atoms with Crippen molar-refractivity contribution in [3.8, 4) is 0 Å². The third kappa shape index (κ3) is 2.14. The van der Waals surface area contributed by atoms with Crippen LogP contribution in [0.4, 0.5) is 0 Å². The molecular weight excluding hydrogens is 216 g/mol. The summed E-state index contributed by atoms with van der Waals surface area (Å²) in [6.45, 7) is 6.97. The summed E-state index contributed by atoms with van der Waals surface area (Å²) < 4.78 is 2.30. The molecule has 16 heavy (non-hydrogen) atoms. The molecule has 0 spiro atoms. The van der Waals surface area contributed by atoms with Crippen LogP contribution in [-0.2, 0) is 6.54 Å². The summed E-state index contributed by atoms with van der Waals surface area (Å²) in [5.74, 6) is 0.910. The zero-order chi connectivity index (χ0) is 11.4. The third-order valence-electron chi connectivity index (χ3n) is 2.40. The Morgan fingerprint density at radius 2 is 2.25 bits per heavy atom. The lowest BCUT2D eigenvalue weighted by Crippen LogP contribution is -1.98. The highest BCUT2D eigenvalue weighted by Gasteiger charge is 2.08. The number of benzene rings is 1. The maximum atomic E-state index is 4.65. The van der Waals surface area contributed by atoms with E-state index in [2.05, 4.69) is 41.3 Å². The molecule has 0 radical (unpaired) electrons. The minimum absolute atomic E-state index is 0.910. The van der Waals surface area contributed by atoms with Gasteiger partial charge in [-0.25, -0.2) is 4.98 Å². The molecule has 0 fully saturated rings. The van der Waals surface area contributed by atoms with Gasteiger partial charge in [0.05, 0.1) is 11.0 Å². The van der Waals surface area contributed by atoms with Crippen LogP contribution in [0.2, 0.25) is 0 Å². The number of rotatable bonds is 5. The summed E-state index contributed by atoms with van der Waals surface area (Å²) in [4.78, 5) is 4.65. The minimum atomic E-state index is 0.910. The summed E-state index contributed by atoms with van der Waals surface area (Å²) in [6.07, 6.45) is 3.04. The van der Waals surface area contributed by atoms with E-state index < -0.39 is 0 Å². The molecule has 2 rings (SSSR count). The van der Waals surface area contributed by atoms with Crippen LogP contribution in [0.15, 0.2) is 42.1 Å². The predicted octanol–water partition coefficient (Wildman–Crippen LogP) is 3.72. The van der Waals surface area contributed by atoms with Gasteiger partial charge in [-0.3, -0.25) is 0 Å². The molecule has 2 aromatic rings. The van der Waals surface area contributed by atoms with Crippen molar-refractivity contribution in [2.45, 2.75) is 25.0 Å². The van der Waals surface area contributed by atoms with Crippen molar-refractivity contribution in [3.05, 3.63) is 36.9 Å². The van der Waals surface area contributed by atoms with Gasteiger partial charge in [-0.1, -0.05) is 36.9 Å². The maximum Gasteiger partial charge on any atom is 0.169 e. The van der Waals surface area contributed by atoms with Crippen LogP contribution in [0.5, 0.6) is 0 Å².